The van der Waals surface area contributed by atoms with Gasteiger partial charge in [0.1, 0.15) is 24.3 Å². The van der Waals surface area contributed by atoms with Gasteiger partial charge in [-0.25, -0.2) is 9.37 Å². The summed E-state index contributed by atoms with van der Waals surface area (Å²) in [4.78, 5) is 16.4. The highest BCUT2D eigenvalue weighted by atomic mass is 19.1. The van der Waals surface area contributed by atoms with Gasteiger partial charge in [0, 0.05) is 12.0 Å². The van der Waals surface area contributed by atoms with E-state index in [9.17, 15) is 14.3 Å². The molecule has 1 fully saturated rings. The van der Waals surface area contributed by atoms with E-state index in [0.29, 0.717) is 11.7 Å². The van der Waals surface area contributed by atoms with Crippen LogP contribution in [-0.2, 0) is 6.54 Å². The van der Waals surface area contributed by atoms with Gasteiger partial charge >= 0.3 is 0 Å². The van der Waals surface area contributed by atoms with Crippen molar-refractivity contribution in [2.75, 3.05) is 6.61 Å². The van der Waals surface area contributed by atoms with Crippen molar-refractivity contribution in [3.63, 3.8) is 0 Å². The minimum atomic E-state index is -0.853. The maximum absolute atomic E-state index is 12.8. The van der Waals surface area contributed by atoms with Crippen LogP contribution in [0.15, 0.2) is 41.5 Å². The van der Waals surface area contributed by atoms with Crippen molar-refractivity contribution >= 4 is 0 Å². The van der Waals surface area contributed by atoms with E-state index < -0.39 is 6.10 Å². The molecule has 23 heavy (non-hydrogen) atoms. The molecule has 122 valence electrons. The quantitative estimate of drug-likeness (QED) is 0.886. The number of ether oxygens (including phenoxy) is 1. The molecule has 0 aliphatic heterocycles. The molecular formula is C17H19FN2O3. The number of hydrogen-bond acceptors (Lipinski definition) is 4. The minimum Gasteiger partial charge on any atom is -0.491 e. The summed E-state index contributed by atoms with van der Waals surface area (Å²) in [6.07, 6.45) is 4.00. The van der Waals surface area contributed by atoms with Gasteiger partial charge in [0.2, 0.25) is 0 Å². The zero-order valence-electron chi connectivity index (χ0n) is 12.7. The Morgan fingerprint density at radius 2 is 2.09 bits per heavy atom. The van der Waals surface area contributed by atoms with Gasteiger partial charge in [0.15, 0.2) is 0 Å². The van der Waals surface area contributed by atoms with Crippen LogP contribution in [0.25, 0.3) is 0 Å². The molecule has 1 aromatic carbocycles. The molecule has 1 aliphatic carbocycles. The smallest absolute Gasteiger partial charge is 0.253 e. The highest BCUT2D eigenvalue weighted by Gasteiger charge is 2.21. The van der Waals surface area contributed by atoms with Crippen LogP contribution in [0.2, 0.25) is 0 Å². The predicted molar refractivity (Wildman–Crippen MR) is 83.0 cm³/mol. The third-order valence-corrected chi connectivity index (χ3v) is 4.09. The predicted octanol–water partition coefficient (Wildman–Crippen LogP) is 2.09. The number of hydrogen-bond donors (Lipinski definition) is 1. The number of nitrogens with zero attached hydrogens (tertiary/aromatic N) is 2. The highest BCUT2D eigenvalue weighted by molar-refractivity contribution is 5.22. The average molecular weight is 318 g/mol. The Bertz CT molecular complexity index is 711. The monoisotopic (exact) mass is 318 g/mol. The van der Waals surface area contributed by atoms with Crippen LogP contribution < -0.4 is 10.3 Å². The zero-order valence-corrected chi connectivity index (χ0v) is 12.7. The summed E-state index contributed by atoms with van der Waals surface area (Å²) >= 11 is 0. The molecule has 0 amide bonds. The van der Waals surface area contributed by atoms with Crippen LogP contribution >= 0.6 is 0 Å². The third-order valence-electron chi connectivity index (χ3n) is 4.09. The molecule has 0 bridgehead atoms. The Labute approximate surface area is 133 Å². The molecule has 2 aromatic rings. The highest BCUT2D eigenvalue weighted by Crippen LogP contribution is 2.34. The summed E-state index contributed by atoms with van der Waals surface area (Å²) in [7, 11) is 0. The number of halogens is 1. The van der Waals surface area contributed by atoms with E-state index in [0.717, 1.165) is 18.5 Å². The van der Waals surface area contributed by atoms with Gasteiger partial charge in [0.25, 0.3) is 5.56 Å². The molecule has 1 atom stereocenters. The first-order valence-electron chi connectivity index (χ1n) is 7.74. The van der Waals surface area contributed by atoms with Crippen molar-refractivity contribution in [2.24, 2.45) is 0 Å². The molecule has 5 nitrogen and oxygen atoms in total. The maximum Gasteiger partial charge on any atom is 0.253 e. The largest absolute Gasteiger partial charge is 0.491 e. The second kappa shape index (κ2) is 6.91. The number of aliphatic hydroxyl groups excluding tert-OH is 1. The fraction of sp³-hybridized carbons (Fsp3) is 0.412. The van der Waals surface area contributed by atoms with Crippen LogP contribution in [0.5, 0.6) is 5.75 Å². The van der Waals surface area contributed by atoms with Crippen molar-refractivity contribution in [3.8, 4) is 5.75 Å². The number of aliphatic hydroxyl groups is 1. The van der Waals surface area contributed by atoms with Crippen LogP contribution in [0.4, 0.5) is 4.39 Å². The summed E-state index contributed by atoms with van der Waals surface area (Å²) in [5, 5.41) is 9.99. The zero-order chi connectivity index (χ0) is 16.2. The van der Waals surface area contributed by atoms with Gasteiger partial charge in [-0.3, -0.25) is 9.36 Å². The number of rotatable bonds is 6. The first-order chi connectivity index (χ1) is 11.1. The number of aromatic nitrogens is 2. The first kappa shape index (κ1) is 15.7. The molecule has 0 saturated heterocycles. The molecule has 1 unspecified atom stereocenters. The first-order valence-corrected chi connectivity index (χ1v) is 7.74. The molecule has 1 saturated carbocycles. The summed E-state index contributed by atoms with van der Waals surface area (Å²) in [6, 6.07) is 7.11. The van der Waals surface area contributed by atoms with Gasteiger partial charge < -0.3 is 9.84 Å². The van der Waals surface area contributed by atoms with E-state index in [-0.39, 0.29) is 24.5 Å². The molecule has 0 radical (unpaired) electrons. The Morgan fingerprint density at radius 3 is 2.70 bits per heavy atom. The maximum atomic E-state index is 12.8. The average Bonchev–Trinajstić information content (AvgIpc) is 2.48. The lowest BCUT2D eigenvalue weighted by Gasteiger charge is -2.24. The second-order valence-electron chi connectivity index (χ2n) is 5.85. The van der Waals surface area contributed by atoms with Crippen molar-refractivity contribution in [1.82, 2.24) is 9.55 Å². The lowest BCUT2D eigenvalue weighted by atomic mass is 9.83. The fourth-order valence-electron chi connectivity index (χ4n) is 2.51. The normalized spacial score (nSPS) is 15.9. The van der Waals surface area contributed by atoms with Crippen LogP contribution in [0.3, 0.4) is 0 Å². The minimum absolute atomic E-state index is 0.0163. The van der Waals surface area contributed by atoms with Crippen LogP contribution in [0.1, 0.15) is 30.9 Å². The summed E-state index contributed by atoms with van der Waals surface area (Å²) in [5.41, 5.74) is 0.678. The summed E-state index contributed by atoms with van der Waals surface area (Å²) < 4.78 is 19.5. The number of benzene rings is 1. The lowest BCUT2D eigenvalue weighted by molar-refractivity contribution is 0.0912. The molecule has 6 heteroatoms. The second-order valence-corrected chi connectivity index (χ2v) is 5.85. The molecule has 1 aromatic heterocycles. The third kappa shape index (κ3) is 3.96. The Kier molecular flexibility index (Phi) is 4.71. The van der Waals surface area contributed by atoms with Crippen molar-refractivity contribution in [2.45, 2.75) is 37.8 Å². The Balaban J connectivity index is 1.55. The Hall–Kier alpha value is -2.21. The van der Waals surface area contributed by atoms with Gasteiger partial charge in [-0.15, -0.1) is 0 Å². The fourth-order valence-corrected chi connectivity index (χ4v) is 2.51. The van der Waals surface area contributed by atoms with E-state index in [1.807, 2.05) is 0 Å². The molecule has 0 spiro atoms. The van der Waals surface area contributed by atoms with Crippen molar-refractivity contribution in [1.29, 1.82) is 0 Å². The molecule has 1 N–H and O–H groups in total. The molecule has 1 heterocycles. The Morgan fingerprint density at radius 1 is 1.35 bits per heavy atom. The lowest BCUT2D eigenvalue weighted by Crippen LogP contribution is -2.31. The van der Waals surface area contributed by atoms with E-state index in [2.05, 4.69) is 4.98 Å². The molecular weight excluding hydrogens is 299 g/mol. The van der Waals surface area contributed by atoms with Gasteiger partial charge in [-0.2, -0.15) is 0 Å². The molecule has 3 rings (SSSR count). The van der Waals surface area contributed by atoms with Crippen LogP contribution in [-0.4, -0.2) is 27.4 Å². The van der Waals surface area contributed by atoms with Crippen molar-refractivity contribution in [3.05, 3.63) is 58.5 Å². The standard InChI is InChI=1S/C17H19FN2O3/c18-13-4-6-15(7-5-13)23-10-14(21)9-20-11-19-16(8-17(20)22)12-2-1-3-12/h4-8,11-12,14,21H,1-3,9-10H2. The summed E-state index contributed by atoms with van der Waals surface area (Å²) in [5.74, 6) is 0.530. The molecule has 1 aliphatic rings. The van der Waals surface area contributed by atoms with Gasteiger partial charge in [-0.05, 0) is 37.1 Å². The van der Waals surface area contributed by atoms with E-state index in [1.54, 1.807) is 6.07 Å². The van der Waals surface area contributed by atoms with E-state index in [4.69, 9.17) is 4.74 Å². The van der Waals surface area contributed by atoms with Crippen LogP contribution in [0, 0.1) is 5.82 Å². The van der Waals surface area contributed by atoms with Crippen molar-refractivity contribution < 1.29 is 14.2 Å². The van der Waals surface area contributed by atoms with E-state index in [1.165, 1.54) is 41.6 Å². The topological polar surface area (TPSA) is 64.4 Å². The van der Waals surface area contributed by atoms with E-state index >= 15 is 0 Å². The SMILES string of the molecule is O=c1cc(C2CCC2)ncn1CC(O)COc1ccc(F)cc1. The summed E-state index contributed by atoms with van der Waals surface area (Å²) in [6.45, 7) is 0.125. The van der Waals surface area contributed by atoms with Gasteiger partial charge in [0.05, 0.1) is 18.6 Å². The van der Waals surface area contributed by atoms with Gasteiger partial charge in [-0.1, -0.05) is 6.42 Å².